The number of hydrogen-bond donors (Lipinski definition) is 1. The molecular formula is C27H28N2OS2. The molecule has 0 spiro atoms. The first-order valence-electron chi connectivity index (χ1n) is 11.0. The first-order valence-corrected chi connectivity index (χ1v) is 12.7. The maximum Gasteiger partial charge on any atom is 0.243 e. The molecule has 1 aliphatic rings. The van der Waals surface area contributed by atoms with Gasteiger partial charge in [-0.3, -0.25) is 4.79 Å². The number of benzene rings is 2. The van der Waals surface area contributed by atoms with E-state index in [2.05, 4.69) is 32.2 Å². The van der Waals surface area contributed by atoms with Crippen molar-refractivity contribution in [3.63, 3.8) is 0 Å². The maximum absolute atomic E-state index is 13.5. The van der Waals surface area contributed by atoms with Crippen LogP contribution in [0.4, 0.5) is 5.00 Å². The maximum atomic E-state index is 13.5. The van der Waals surface area contributed by atoms with Crippen LogP contribution in [0.15, 0.2) is 65.6 Å². The molecule has 2 atom stereocenters. The van der Waals surface area contributed by atoms with Crippen molar-refractivity contribution in [2.24, 2.45) is 11.3 Å². The molecule has 0 saturated heterocycles. The number of anilines is 1. The third-order valence-electron chi connectivity index (χ3n) is 6.18. The minimum atomic E-state index is -0.397. The molecule has 0 aliphatic heterocycles. The van der Waals surface area contributed by atoms with E-state index in [1.165, 1.54) is 16.6 Å². The van der Waals surface area contributed by atoms with Crippen LogP contribution in [0.1, 0.15) is 54.0 Å². The topological polar surface area (TPSA) is 52.9 Å². The number of carbonyl (C=O) groups is 1. The van der Waals surface area contributed by atoms with E-state index in [4.69, 9.17) is 0 Å². The highest BCUT2D eigenvalue weighted by Gasteiger charge is 2.33. The van der Waals surface area contributed by atoms with Gasteiger partial charge in [-0.1, -0.05) is 69.3 Å². The fourth-order valence-corrected chi connectivity index (χ4v) is 6.57. The van der Waals surface area contributed by atoms with E-state index < -0.39 is 5.25 Å². The lowest BCUT2D eigenvalue weighted by Crippen LogP contribution is -2.26. The van der Waals surface area contributed by atoms with Gasteiger partial charge in [0.2, 0.25) is 5.91 Å². The van der Waals surface area contributed by atoms with Crippen LogP contribution in [0.2, 0.25) is 0 Å². The van der Waals surface area contributed by atoms with Gasteiger partial charge in [0.1, 0.15) is 16.3 Å². The second-order valence-corrected chi connectivity index (χ2v) is 11.6. The zero-order valence-corrected chi connectivity index (χ0v) is 20.4. The molecule has 0 bridgehead atoms. The summed E-state index contributed by atoms with van der Waals surface area (Å²) in [4.78, 5) is 15.8. The predicted octanol–water partition coefficient (Wildman–Crippen LogP) is 7.24. The molecule has 1 aromatic heterocycles. The minimum absolute atomic E-state index is 0.0903. The van der Waals surface area contributed by atoms with E-state index in [9.17, 15) is 10.1 Å². The lowest BCUT2D eigenvalue weighted by molar-refractivity contribution is -0.115. The fraction of sp³-hybridized carbons (Fsp3) is 0.333. The second-order valence-electron chi connectivity index (χ2n) is 9.34. The lowest BCUT2D eigenvalue weighted by atomic mass is 9.72. The highest BCUT2D eigenvalue weighted by Crippen LogP contribution is 2.45. The monoisotopic (exact) mass is 460 g/mol. The van der Waals surface area contributed by atoms with Crippen molar-refractivity contribution in [1.29, 1.82) is 5.26 Å². The summed E-state index contributed by atoms with van der Waals surface area (Å²) >= 11 is 3.12. The molecule has 164 valence electrons. The molecule has 3 nitrogen and oxygen atoms in total. The number of amides is 1. The van der Waals surface area contributed by atoms with E-state index in [0.717, 1.165) is 35.3 Å². The van der Waals surface area contributed by atoms with E-state index in [-0.39, 0.29) is 11.3 Å². The van der Waals surface area contributed by atoms with Gasteiger partial charge in [-0.25, -0.2) is 0 Å². The summed E-state index contributed by atoms with van der Waals surface area (Å²) < 4.78 is 0. The number of rotatable bonds is 5. The van der Waals surface area contributed by atoms with Gasteiger partial charge < -0.3 is 5.32 Å². The third kappa shape index (κ3) is 4.92. The molecule has 0 radical (unpaired) electrons. The minimum Gasteiger partial charge on any atom is -0.315 e. The van der Waals surface area contributed by atoms with Crippen molar-refractivity contribution in [3.05, 3.63) is 82.2 Å². The van der Waals surface area contributed by atoms with E-state index in [1.807, 2.05) is 60.7 Å². The Labute approximate surface area is 198 Å². The number of thiophene rings is 1. The number of fused-ring (bicyclic) bond motifs is 1. The number of nitrogens with zero attached hydrogens (tertiary/aromatic N) is 1. The van der Waals surface area contributed by atoms with Crippen LogP contribution in [-0.2, 0) is 17.6 Å². The van der Waals surface area contributed by atoms with Gasteiger partial charge in [-0.2, -0.15) is 5.26 Å². The Morgan fingerprint density at radius 2 is 1.78 bits per heavy atom. The van der Waals surface area contributed by atoms with Crippen LogP contribution >= 0.6 is 23.1 Å². The van der Waals surface area contributed by atoms with Crippen LogP contribution < -0.4 is 5.32 Å². The Morgan fingerprint density at radius 3 is 2.41 bits per heavy atom. The summed E-state index contributed by atoms with van der Waals surface area (Å²) in [5.74, 6) is 0.502. The van der Waals surface area contributed by atoms with Gasteiger partial charge in [0, 0.05) is 9.77 Å². The summed E-state index contributed by atoms with van der Waals surface area (Å²) in [5, 5.41) is 13.3. The Kier molecular flexibility index (Phi) is 6.74. The molecule has 3 aromatic rings. The molecule has 4 rings (SSSR count). The van der Waals surface area contributed by atoms with E-state index in [1.54, 1.807) is 11.3 Å². The first-order chi connectivity index (χ1) is 15.4. The Balaban J connectivity index is 1.61. The SMILES string of the molecule is CC(C)(C)[C@H]1CCc2c(sc(NC(=O)[C@H](Sc3ccccc3)c3ccccc3)c2C#N)C1. The van der Waals surface area contributed by atoms with Gasteiger partial charge >= 0.3 is 0 Å². The van der Waals surface area contributed by atoms with Crippen molar-refractivity contribution in [1.82, 2.24) is 0 Å². The standard InChI is InChI=1S/C27H28N2OS2/c1-27(2,3)19-14-15-21-22(17-28)26(32-23(21)16-19)29-25(30)24(18-10-6-4-7-11-18)31-20-12-8-5-9-13-20/h4-13,19,24H,14-16H2,1-3H3,(H,29,30)/t19-,24+/m0/s1. The van der Waals surface area contributed by atoms with Gasteiger partial charge in [0.15, 0.2) is 0 Å². The van der Waals surface area contributed by atoms with E-state index in [0.29, 0.717) is 16.5 Å². The van der Waals surface area contributed by atoms with Crippen LogP contribution in [0.25, 0.3) is 0 Å². The normalized spacial score (nSPS) is 16.6. The number of nitriles is 1. The molecule has 5 heteroatoms. The molecule has 0 unspecified atom stereocenters. The zero-order chi connectivity index (χ0) is 22.7. The van der Waals surface area contributed by atoms with Crippen LogP contribution in [0, 0.1) is 22.7 Å². The lowest BCUT2D eigenvalue weighted by Gasteiger charge is -2.33. The average molecular weight is 461 g/mol. The third-order valence-corrected chi connectivity index (χ3v) is 8.61. The van der Waals surface area contributed by atoms with E-state index >= 15 is 0 Å². The fourth-order valence-electron chi connectivity index (χ4n) is 4.24. The summed E-state index contributed by atoms with van der Waals surface area (Å²) in [6, 6.07) is 22.2. The zero-order valence-electron chi connectivity index (χ0n) is 18.7. The molecule has 1 heterocycles. The molecule has 1 aliphatic carbocycles. The molecule has 1 N–H and O–H groups in total. The van der Waals surface area contributed by atoms with Crippen LogP contribution in [0.5, 0.6) is 0 Å². The number of hydrogen-bond acceptors (Lipinski definition) is 4. The number of carbonyl (C=O) groups excluding carboxylic acids is 1. The Hall–Kier alpha value is -2.55. The Bertz CT molecular complexity index is 1120. The number of thioether (sulfide) groups is 1. The smallest absolute Gasteiger partial charge is 0.243 e. The van der Waals surface area contributed by atoms with Gasteiger partial charge in [-0.05, 0) is 53.9 Å². The van der Waals surface area contributed by atoms with Gasteiger partial charge in [0.05, 0.1) is 5.56 Å². The Morgan fingerprint density at radius 1 is 1.12 bits per heavy atom. The second kappa shape index (κ2) is 9.52. The molecular weight excluding hydrogens is 432 g/mol. The number of nitrogens with one attached hydrogen (secondary N) is 1. The molecule has 2 aromatic carbocycles. The summed E-state index contributed by atoms with van der Waals surface area (Å²) in [6.07, 6.45) is 2.98. The summed E-state index contributed by atoms with van der Waals surface area (Å²) in [7, 11) is 0. The van der Waals surface area contributed by atoms with Crippen molar-refractivity contribution in [2.75, 3.05) is 5.32 Å². The highest BCUT2D eigenvalue weighted by atomic mass is 32.2. The molecule has 1 amide bonds. The molecule has 0 fully saturated rings. The molecule has 0 saturated carbocycles. The first kappa shape index (κ1) is 22.6. The van der Waals surface area contributed by atoms with Crippen molar-refractivity contribution in [3.8, 4) is 6.07 Å². The van der Waals surface area contributed by atoms with Crippen molar-refractivity contribution in [2.45, 2.75) is 50.2 Å². The largest absolute Gasteiger partial charge is 0.315 e. The summed E-state index contributed by atoms with van der Waals surface area (Å²) in [5.41, 5.74) is 2.98. The van der Waals surface area contributed by atoms with Crippen LogP contribution in [-0.4, -0.2) is 5.91 Å². The van der Waals surface area contributed by atoms with Crippen molar-refractivity contribution >= 4 is 34.0 Å². The highest BCUT2D eigenvalue weighted by molar-refractivity contribution is 8.00. The molecule has 32 heavy (non-hydrogen) atoms. The average Bonchev–Trinajstić information content (AvgIpc) is 3.14. The summed E-state index contributed by atoms with van der Waals surface area (Å²) in [6.45, 7) is 6.86. The quantitative estimate of drug-likeness (QED) is 0.408. The van der Waals surface area contributed by atoms with Gasteiger partial charge in [0.25, 0.3) is 0 Å². The predicted molar refractivity (Wildman–Crippen MR) is 134 cm³/mol. The van der Waals surface area contributed by atoms with Crippen molar-refractivity contribution < 1.29 is 4.79 Å². The van der Waals surface area contributed by atoms with Gasteiger partial charge in [-0.15, -0.1) is 23.1 Å². The van der Waals surface area contributed by atoms with Crippen LogP contribution in [0.3, 0.4) is 0 Å².